The van der Waals surface area contributed by atoms with Gasteiger partial charge in [0.05, 0.1) is 12.2 Å². The first-order valence-electron chi connectivity index (χ1n) is 7.82. The highest BCUT2D eigenvalue weighted by molar-refractivity contribution is 4.77. The summed E-state index contributed by atoms with van der Waals surface area (Å²) in [5, 5.41) is 0. The molecule has 2 saturated heterocycles. The lowest BCUT2D eigenvalue weighted by Crippen LogP contribution is -2.43. The van der Waals surface area contributed by atoms with Crippen LogP contribution in [0.25, 0.3) is 0 Å². The number of rotatable bonds is 6. The minimum Gasteiger partial charge on any atom is -0.375 e. The lowest BCUT2D eigenvalue weighted by atomic mass is 10.0. The Balaban J connectivity index is 1.61. The molecule has 2 rings (SSSR count). The Morgan fingerprint density at radius 2 is 1.11 bits per heavy atom. The summed E-state index contributed by atoms with van der Waals surface area (Å²) >= 11 is 0. The van der Waals surface area contributed by atoms with Crippen molar-refractivity contribution in [1.82, 2.24) is 9.80 Å². The van der Waals surface area contributed by atoms with Crippen LogP contribution in [0, 0.1) is 0 Å². The van der Waals surface area contributed by atoms with E-state index < -0.39 is 0 Å². The van der Waals surface area contributed by atoms with Gasteiger partial charge in [-0.1, -0.05) is 0 Å². The molecule has 5 heteroatoms. The predicted molar refractivity (Wildman–Crippen MR) is 78.1 cm³/mol. The molecular formula is C14H30N4O. The maximum absolute atomic E-state index is 6.27. The molecule has 0 aromatic carbocycles. The second kappa shape index (κ2) is 8.17. The predicted octanol–water partition coefficient (Wildman–Crippen LogP) is -0.151. The summed E-state index contributed by atoms with van der Waals surface area (Å²) in [6.07, 6.45) is 5.62. The van der Waals surface area contributed by atoms with Gasteiger partial charge in [0.1, 0.15) is 0 Å². The van der Waals surface area contributed by atoms with Crippen LogP contribution in [0.2, 0.25) is 0 Å². The standard InChI is InChI=1S/C14H30N4O/c15-5-11-17-7-1-13(2-8-17)19-14-3-9-18(10-4-14)12-6-16/h13-14H,1-12,15-16H2. The molecule has 0 amide bonds. The average molecular weight is 270 g/mol. The second-order valence-corrected chi connectivity index (χ2v) is 5.80. The lowest BCUT2D eigenvalue weighted by Gasteiger charge is -2.37. The number of nitrogens with zero attached hydrogens (tertiary/aromatic N) is 2. The van der Waals surface area contributed by atoms with E-state index in [1.807, 2.05) is 0 Å². The maximum atomic E-state index is 6.27. The van der Waals surface area contributed by atoms with Crippen LogP contribution in [0.4, 0.5) is 0 Å². The van der Waals surface area contributed by atoms with Gasteiger partial charge in [-0.25, -0.2) is 0 Å². The molecule has 0 unspecified atom stereocenters. The van der Waals surface area contributed by atoms with Crippen LogP contribution in [0.15, 0.2) is 0 Å². The molecule has 2 aliphatic heterocycles. The summed E-state index contributed by atoms with van der Waals surface area (Å²) in [6, 6.07) is 0. The van der Waals surface area contributed by atoms with Crippen LogP contribution in [-0.4, -0.2) is 74.4 Å². The fourth-order valence-electron chi connectivity index (χ4n) is 3.18. The zero-order valence-corrected chi connectivity index (χ0v) is 12.1. The largest absolute Gasteiger partial charge is 0.375 e. The van der Waals surface area contributed by atoms with Crippen molar-refractivity contribution in [2.75, 3.05) is 52.4 Å². The molecular weight excluding hydrogens is 240 g/mol. The molecule has 4 N–H and O–H groups in total. The summed E-state index contributed by atoms with van der Waals surface area (Å²) in [5.41, 5.74) is 11.2. The minimum absolute atomic E-state index is 0.472. The smallest absolute Gasteiger partial charge is 0.0603 e. The number of likely N-dealkylation sites (tertiary alicyclic amines) is 2. The van der Waals surface area contributed by atoms with Gasteiger partial charge >= 0.3 is 0 Å². The van der Waals surface area contributed by atoms with Crippen molar-refractivity contribution in [2.45, 2.75) is 37.9 Å². The molecule has 0 spiro atoms. The molecule has 0 radical (unpaired) electrons. The molecule has 0 atom stereocenters. The average Bonchev–Trinajstić information content (AvgIpc) is 2.44. The van der Waals surface area contributed by atoms with Crippen LogP contribution >= 0.6 is 0 Å². The maximum Gasteiger partial charge on any atom is 0.0603 e. The number of nitrogens with two attached hydrogens (primary N) is 2. The summed E-state index contributed by atoms with van der Waals surface area (Å²) in [5.74, 6) is 0. The van der Waals surface area contributed by atoms with Gasteiger partial charge in [0, 0.05) is 52.4 Å². The van der Waals surface area contributed by atoms with Crippen molar-refractivity contribution in [3.63, 3.8) is 0 Å². The Bertz CT molecular complexity index is 212. The van der Waals surface area contributed by atoms with Gasteiger partial charge in [-0.2, -0.15) is 0 Å². The first kappa shape index (κ1) is 15.2. The van der Waals surface area contributed by atoms with Crippen molar-refractivity contribution >= 4 is 0 Å². The molecule has 5 nitrogen and oxygen atoms in total. The van der Waals surface area contributed by atoms with Gasteiger partial charge < -0.3 is 26.0 Å². The number of hydrogen-bond donors (Lipinski definition) is 2. The van der Waals surface area contributed by atoms with Gasteiger partial charge in [0.2, 0.25) is 0 Å². The molecule has 0 saturated carbocycles. The van der Waals surface area contributed by atoms with E-state index in [4.69, 9.17) is 16.2 Å². The Hall–Kier alpha value is -0.200. The van der Waals surface area contributed by atoms with Gasteiger partial charge in [0.15, 0.2) is 0 Å². The van der Waals surface area contributed by atoms with Gasteiger partial charge in [-0.15, -0.1) is 0 Å². The van der Waals surface area contributed by atoms with Crippen LogP contribution in [0.3, 0.4) is 0 Å². The Labute approximate surface area is 117 Å². The fraction of sp³-hybridized carbons (Fsp3) is 1.00. The van der Waals surface area contributed by atoms with Crippen molar-refractivity contribution in [2.24, 2.45) is 11.5 Å². The van der Waals surface area contributed by atoms with Crippen LogP contribution in [0.1, 0.15) is 25.7 Å². The van der Waals surface area contributed by atoms with Crippen LogP contribution in [0.5, 0.6) is 0 Å². The first-order valence-corrected chi connectivity index (χ1v) is 7.82. The van der Waals surface area contributed by atoms with Gasteiger partial charge in [-0.05, 0) is 25.7 Å². The molecule has 2 heterocycles. The topological polar surface area (TPSA) is 67.8 Å². The number of hydrogen-bond acceptors (Lipinski definition) is 5. The van der Waals surface area contributed by atoms with Crippen molar-refractivity contribution in [1.29, 1.82) is 0 Å². The second-order valence-electron chi connectivity index (χ2n) is 5.80. The minimum atomic E-state index is 0.472. The van der Waals surface area contributed by atoms with Crippen molar-refractivity contribution < 1.29 is 4.74 Å². The fourth-order valence-corrected chi connectivity index (χ4v) is 3.18. The molecule has 19 heavy (non-hydrogen) atoms. The highest BCUT2D eigenvalue weighted by Gasteiger charge is 2.25. The number of ether oxygens (including phenoxy) is 1. The normalized spacial score (nSPS) is 24.9. The molecule has 0 bridgehead atoms. The Morgan fingerprint density at radius 3 is 1.42 bits per heavy atom. The quantitative estimate of drug-likeness (QED) is 0.702. The SMILES string of the molecule is NCCN1CCC(OC2CCN(CCN)CC2)CC1. The summed E-state index contributed by atoms with van der Waals surface area (Å²) in [7, 11) is 0. The van der Waals surface area contributed by atoms with E-state index in [1.54, 1.807) is 0 Å². The molecule has 0 aromatic heterocycles. The molecule has 112 valence electrons. The first-order chi connectivity index (χ1) is 9.31. The Morgan fingerprint density at radius 1 is 0.737 bits per heavy atom. The van der Waals surface area contributed by atoms with E-state index in [2.05, 4.69) is 9.80 Å². The molecule has 2 fully saturated rings. The third-order valence-corrected chi connectivity index (χ3v) is 4.34. The Kier molecular flexibility index (Phi) is 6.53. The van der Waals surface area contributed by atoms with Gasteiger partial charge in [0.25, 0.3) is 0 Å². The molecule has 0 aliphatic carbocycles. The highest BCUT2D eigenvalue weighted by Crippen LogP contribution is 2.20. The van der Waals surface area contributed by atoms with E-state index >= 15 is 0 Å². The van der Waals surface area contributed by atoms with E-state index in [-0.39, 0.29) is 0 Å². The summed E-state index contributed by atoms with van der Waals surface area (Å²) in [4.78, 5) is 4.90. The van der Waals surface area contributed by atoms with Crippen molar-refractivity contribution in [3.05, 3.63) is 0 Å². The summed E-state index contributed by atoms with van der Waals surface area (Å²) < 4.78 is 6.27. The molecule has 2 aliphatic rings. The number of piperidine rings is 2. The van der Waals surface area contributed by atoms with E-state index in [0.717, 1.165) is 52.4 Å². The van der Waals surface area contributed by atoms with E-state index in [9.17, 15) is 0 Å². The van der Waals surface area contributed by atoms with Crippen LogP contribution < -0.4 is 11.5 Å². The van der Waals surface area contributed by atoms with Crippen LogP contribution in [-0.2, 0) is 4.74 Å². The zero-order chi connectivity index (χ0) is 13.5. The van der Waals surface area contributed by atoms with E-state index in [1.165, 1.54) is 25.7 Å². The summed E-state index contributed by atoms with van der Waals surface area (Å²) in [6.45, 7) is 8.19. The zero-order valence-electron chi connectivity index (χ0n) is 12.1. The van der Waals surface area contributed by atoms with Gasteiger partial charge in [-0.3, -0.25) is 0 Å². The highest BCUT2D eigenvalue weighted by atomic mass is 16.5. The lowest BCUT2D eigenvalue weighted by molar-refractivity contribution is -0.0643. The third kappa shape index (κ3) is 5.00. The monoisotopic (exact) mass is 270 g/mol. The van der Waals surface area contributed by atoms with E-state index in [0.29, 0.717) is 12.2 Å². The molecule has 0 aromatic rings. The third-order valence-electron chi connectivity index (χ3n) is 4.34. The van der Waals surface area contributed by atoms with Crippen molar-refractivity contribution in [3.8, 4) is 0 Å².